The van der Waals surface area contributed by atoms with E-state index in [1.165, 1.54) is 7.05 Å². The molecule has 0 saturated carbocycles. The van der Waals surface area contributed by atoms with Crippen molar-refractivity contribution in [2.75, 3.05) is 20.1 Å². The van der Waals surface area contributed by atoms with Crippen LogP contribution in [-0.4, -0.2) is 48.3 Å². The molecule has 1 fully saturated rings. The van der Waals surface area contributed by atoms with Gasteiger partial charge in [-0.1, -0.05) is 0 Å². The van der Waals surface area contributed by atoms with Crippen molar-refractivity contribution >= 4 is 12.1 Å². The Labute approximate surface area is 105 Å². The van der Waals surface area contributed by atoms with E-state index in [9.17, 15) is 18.4 Å². The van der Waals surface area contributed by atoms with Crippen molar-refractivity contribution in [3.8, 4) is 0 Å². The van der Waals surface area contributed by atoms with Crippen LogP contribution >= 0.6 is 0 Å². The van der Waals surface area contributed by atoms with Gasteiger partial charge in [0.1, 0.15) is 12.1 Å². The third-order valence-corrected chi connectivity index (χ3v) is 2.71. The number of carbonyl (C=O) groups excluding carboxylic acids is 2. The molecule has 0 aromatic rings. The van der Waals surface area contributed by atoms with Crippen molar-refractivity contribution in [3.63, 3.8) is 0 Å². The van der Waals surface area contributed by atoms with Crippen molar-refractivity contribution in [2.45, 2.75) is 38.7 Å². The zero-order valence-electron chi connectivity index (χ0n) is 11.0. The molecule has 1 aliphatic rings. The summed E-state index contributed by atoms with van der Waals surface area (Å²) in [5.74, 6) is -3.02. The number of hydrogen-bond donors (Lipinski definition) is 1. The highest BCUT2D eigenvalue weighted by atomic mass is 19.3. The predicted octanol–water partition coefficient (Wildman–Crippen LogP) is 2.12. The summed E-state index contributed by atoms with van der Waals surface area (Å²) in [4.78, 5) is 23.8. The Morgan fingerprint density at radius 1 is 1.33 bits per heavy atom. The smallest absolute Gasteiger partial charge is 0.414 e. The summed E-state index contributed by atoms with van der Waals surface area (Å²) in [6.07, 6.45) is -1.43. The maximum atomic E-state index is 13.3. The number of alkyl halides is 2. The molecule has 0 radical (unpaired) electrons. The van der Waals surface area contributed by atoms with E-state index in [4.69, 9.17) is 4.74 Å². The van der Waals surface area contributed by atoms with Crippen molar-refractivity contribution in [2.24, 2.45) is 0 Å². The number of ether oxygens (including phenoxy) is 1. The Hall–Kier alpha value is -1.24. The Morgan fingerprint density at radius 3 is 2.22 bits per heavy atom. The van der Waals surface area contributed by atoms with Gasteiger partial charge >= 0.3 is 18.0 Å². The summed E-state index contributed by atoms with van der Waals surface area (Å²) in [5.41, 5.74) is -0.825. The second-order valence-corrected chi connectivity index (χ2v) is 5.49. The third-order valence-electron chi connectivity index (χ3n) is 2.71. The molecule has 0 spiro atoms. The molecule has 7 heteroatoms. The molecule has 0 aromatic carbocycles. The van der Waals surface area contributed by atoms with Gasteiger partial charge in [-0.15, -0.1) is 4.48 Å². The monoisotopic (exact) mass is 265 g/mol. The number of rotatable bonds is 0. The van der Waals surface area contributed by atoms with E-state index in [1.54, 1.807) is 20.8 Å². The number of amides is 3. The SMILES string of the molecule is CNC(=O)[N+]1(C(=O)OC(C)(C)C)CCC(F)(F)C1. The number of likely N-dealkylation sites (tertiary alicyclic amines) is 1. The first-order chi connectivity index (χ1) is 8.02. The van der Waals surface area contributed by atoms with Gasteiger partial charge in [0.15, 0.2) is 6.54 Å². The number of halogens is 2. The predicted molar refractivity (Wildman–Crippen MR) is 60.2 cm³/mol. The molecule has 1 rings (SSSR count). The van der Waals surface area contributed by atoms with E-state index < -0.39 is 41.1 Å². The molecule has 3 amide bonds. The highest BCUT2D eigenvalue weighted by molar-refractivity contribution is 5.80. The molecule has 0 bridgehead atoms. The summed E-state index contributed by atoms with van der Waals surface area (Å²) in [6, 6.07) is -0.763. The minimum atomic E-state index is -3.02. The van der Waals surface area contributed by atoms with Crippen molar-refractivity contribution < 1.29 is 27.6 Å². The highest BCUT2D eigenvalue weighted by Crippen LogP contribution is 2.34. The summed E-state index contributed by atoms with van der Waals surface area (Å²) in [5, 5.41) is 2.25. The fourth-order valence-corrected chi connectivity index (χ4v) is 1.88. The zero-order valence-corrected chi connectivity index (χ0v) is 11.0. The Balaban J connectivity index is 3.01. The first-order valence-electron chi connectivity index (χ1n) is 5.73. The average Bonchev–Trinajstić information content (AvgIpc) is 2.52. The second-order valence-electron chi connectivity index (χ2n) is 5.49. The highest BCUT2D eigenvalue weighted by Gasteiger charge is 2.60. The first-order valence-corrected chi connectivity index (χ1v) is 5.73. The molecule has 0 aromatic heterocycles. The molecule has 1 unspecified atom stereocenters. The van der Waals surface area contributed by atoms with Crippen LogP contribution in [0.2, 0.25) is 0 Å². The summed E-state index contributed by atoms with van der Waals surface area (Å²) < 4.78 is 30.7. The Morgan fingerprint density at radius 2 is 1.89 bits per heavy atom. The van der Waals surface area contributed by atoms with Crippen LogP contribution in [0, 0.1) is 0 Å². The molecule has 1 heterocycles. The molecule has 5 nitrogen and oxygen atoms in total. The van der Waals surface area contributed by atoms with Crippen molar-refractivity contribution in [1.29, 1.82) is 0 Å². The molecule has 104 valence electrons. The fourth-order valence-electron chi connectivity index (χ4n) is 1.88. The van der Waals surface area contributed by atoms with Gasteiger partial charge in [0.2, 0.25) is 0 Å². The third kappa shape index (κ3) is 2.95. The number of hydrogen-bond acceptors (Lipinski definition) is 3. The Bertz CT molecular complexity index is 366. The lowest BCUT2D eigenvalue weighted by molar-refractivity contribution is -0.769. The van der Waals surface area contributed by atoms with Gasteiger partial charge in [-0.25, -0.2) is 13.6 Å². The van der Waals surface area contributed by atoms with Crippen LogP contribution < -0.4 is 5.32 Å². The molecular weight excluding hydrogens is 246 g/mol. The summed E-state index contributed by atoms with van der Waals surface area (Å²) in [7, 11) is 1.31. The number of imide groups is 1. The molecule has 1 saturated heterocycles. The van der Waals surface area contributed by atoms with Crippen LogP contribution in [0.25, 0.3) is 0 Å². The van der Waals surface area contributed by atoms with Crippen molar-refractivity contribution in [3.05, 3.63) is 0 Å². The van der Waals surface area contributed by atoms with Crippen LogP contribution in [0.5, 0.6) is 0 Å². The van der Waals surface area contributed by atoms with E-state index in [0.717, 1.165) is 0 Å². The van der Waals surface area contributed by atoms with E-state index in [-0.39, 0.29) is 6.54 Å². The zero-order chi connectivity index (χ0) is 14.2. The van der Waals surface area contributed by atoms with Gasteiger partial charge in [0.05, 0.1) is 6.42 Å². The minimum absolute atomic E-state index is 0.248. The maximum Gasteiger partial charge on any atom is 0.525 e. The van der Waals surface area contributed by atoms with Gasteiger partial charge in [0.25, 0.3) is 0 Å². The fraction of sp³-hybridized carbons (Fsp3) is 0.818. The largest absolute Gasteiger partial charge is 0.525 e. The molecule has 18 heavy (non-hydrogen) atoms. The van der Waals surface area contributed by atoms with Crippen LogP contribution in [0.1, 0.15) is 27.2 Å². The molecular formula is C11H19F2N2O3+. The number of carbonyl (C=O) groups is 2. The molecule has 1 aliphatic heterocycles. The molecule has 0 aliphatic carbocycles. The van der Waals surface area contributed by atoms with Gasteiger partial charge < -0.3 is 10.1 Å². The van der Waals surface area contributed by atoms with Crippen LogP contribution in [0.3, 0.4) is 0 Å². The van der Waals surface area contributed by atoms with E-state index in [1.807, 2.05) is 0 Å². The summed E-state index contributed by atoms with van der Waals surface area (Å²) in [6.45, 7) is 3.78. The van der Waals surface area contributed by atoms with Crippen LogP contribution in [0.15, 0.2) is 0 Å². The topological polar surface area (TPSA) is 55.4 Å². The maximum absolute atomic E-state index is 13.3. The standard InChI is InChI=1S/C11H18F2N2O3/c1-10(2,3)18-9(17)15(8(16)14-4)6-5-11(12,13)7-15/h5-7H2,1-4H3/p+1. The lowest BCUT2D eigenvalue weighted by Crippen LogP contribution is -2.60. The van der Waals surface area contributed by atoms with E-state index >= 15 is 0 Å². The van der Waals surface area contributed by atoms with Crippen LogP contribution in [-0.2, 0) is 4.74 Å². The van der Waals surface area contributed by atoms with E-state index in [0.29, 0.717) is 0 Å². The molecule has 1 atom stereocenters. The number of urea groups is 1. The lowest BCUT2D eigenvalue weighted by Gasteiger charge is -2.29. The van der Waals surface area contributed by atoms with Crippen LogP contribution in [0.4, 0.5) is 18.4 Å². The first kappa shape index (κ1) is 14.8. The molecule has 1 N–H and O–H groups in total. The minimum Gasteiger partial charge on any atom is -0.414 e. The van der Waals surface area contributed by atoms with E-state index in [2.05, 4.69) is 5.32 Å². The van der Waals surface area contributed by atoms with Gasteiger partial charge in [0, 0.05) is 7.05 Å². The lowest BCUT2D eigenvalue weighted by atomic mass is 10.2. The average molecular weight is 265 g/mol. The van der Waals surface area contributed by atoms with Gasteiger partial charge in [-0.2, -0.15) is 4.79 Å². The normalized spacial score (nSPS) is 26.8. The quantitative estimate of drug-likeness (QED) is 0.682. The Kier molecular flexibility index (Phi) is 3.67. The van der Waals surface area contributed by atoms with Gasteiger partial charge in [-0.05, 0) is 20.8 Å². The number of nitrogens with zero attached hydrogens (tertiary/aromatic N) is 1. The number of nitrogens with one attached hydrogen (secondary N) is 1. The number of quaternary nitrogens is 1. The van der Waals surface area contributed by atoms with Crippen molar-refractivity contribution in [1.82, 2.24) is 5.32 Å². The summed E-state index contributed by atoms with van der Waals surface area (Å²) >= 11 is 0. The van der Waals surface area contributed by atoms with Gasteiger partial charge in [-0.3, -0.25) is 0 Å². The second kappa shape index (κ2) is 4.46.